The van der Waals surface area contributed by atoms with Gasteiger partial charge in [-0.05, 0) is 42.3 Å². The van der Waals surface area contributed by atoms with Crippen LogP contribution < -0.4 is 15.7 Å². The monoisotopic (exact) mass is 401 g/mol. The molecule has 0 aliphatic carbocycles. The smallest absolute Gasteiger partial charge is 0.329 e. The minimum absolute atomic E-state index is 0.0772. The molecular weight excluding hydrogens is 378 g/mol. The molecule has 0 saturated carbocycles. The lowest BCUT2D eigenvalue weighted by atomic mass is 10.2. The van der Waals surface area contributed by atoms with Crippen LogP contribution in [-0.2, 0) is 25.0 Å². The maximum Gasteiger partial charge on any atom is 0.329 e. The molecule has 1 amide bonds. The molecule has 6 nitrogen and oxygen atoms in total. The summed E-state index contributed by atoms with van der Waals surface area (Å²) >= 11 is 0. The third-order valence-corrected chi connectivity index (χ3v) is 5.00. The molecule has 0 aliphatic rings. The highest BCUT2D eigenvalue weighted by Gasteiger charge is 2.15. The van der Waals surface area contributed by atoms with E-state index < -0.39 is 0 Å². The van der Waals surface area contributed by atoms with Crippen LogP contribution in [0.5, 0.6) is 5.75 Å². The molecule has 0 unspecified atom stereocenters. The van der Waals surface area contributed by atoms with E-state index in [1.165, 1.54) is 4.57 Å². The van der Waals surface area contributed by atoms with Crippen LogP contribution in [-0.4, -0.2) is 15.0 Å². The van der Waals surface area contributed by atoms with Gasteiger partial charge in [0.2, 0.25) is 5.91 Å². The standard InChI is InChI=1S/C24H23N3O3/c1-17-12-13-19(22(14-17)30-16-18-8-4-3-5-9-18)25-23(28)15-27-21-11-7-6-10-20(21)26(2)24(27)29/h3-14H,15-16H2,1-2H3,(H,25,28). The molecule has 1 aromatic heterocycles. The number of benzene rings is 3. The fourth-order valence-corrected chi connectivity index (χ4v) is 3.44. The van der Waals surface area contributed by atoms with Gasteiger partial charge in [0.15, 0.2) is 0 Å². The number of ether oxygens (including phenoxy) is 1. The summed E-state index contributed by atoms with van der Waals surface area (Å²) in [6.45, 7) is 2.29. The molecule has 0 aliphatic heterocycles. The van der Waals surface area contributed by atoms with E-state index in [1.807, 2.05) is 79.7 Å². The van der Waals surface area contributed by atoms with Crippen LogP contribution in [0.2, 0.25) is 0 Å². The van der Waals surface area contributed by atoms with Crippen molar-refractivity contribution in [2.45, 2.75) is 20.1 Å². The number of anilines is 1. The fourth-order valence-electron chi connectivity index (χ4n) is 3.44. The molecule has 0 saturated heterocycles. The average molecular weight is 401 g/mol. The van der Waals surface area contributed by atoms with Crippen molar-refractivity contribution in [3.05, 3.63) is 94.4 Å². The van der Waals surface area contributed by atoms with Gasteiger partial charge in [-0.2, -0.15) is 0 Å². The number of nitrogens with zero attached hydrogens (tertiary/aromatic N) is 2. The van der Waals surface area contributed by atoms with Crippen molar-refractivity contribution in [2.75, 3.05) is 5.32 Å². The lowest BCUT2D eigenvalue weighted by Gasteiger charge is -2.14. The van der Waals surface area contributed by atoms with Crippen LogP contribution in [0.3, 0.4) is 0 Å². The second kappa shape index (κ2) is 8.29. The summed E-state index contributed by atoms with van der Waals surface area (Å²) in [6.07, 6.45) is 0. The Hall–Kier alpha value is -3.80. The highest BCUT2D eigenvalue weighted by molar-refractivity contribution is 5.93. The van der Waals surface area contributed by atoms with Gasteiger partial charge in [0.25, 0.3) is 0 Å². The third-order valence-electron chi connectivity index (χ3n) is 5.00. The Morgan fingerprint density at radius 3 is 2.43 bits per heavy atom. The number of rotatable bonds is 6. The summed E-state index contributed by atoms with van der Waals surface area (Å²) in [5, 5.41) is 2.89. The van der Waals surface area contributed by atoms with Gasteiger partial charge in [-0.15, -0.1) is 0 Å². The maximum absolute atomic E-state index is 12.8. The van der Waals surface area contributed by atoms with E-state index in [0.29, 0.717) is 18.0 Å². The summed E-state index contributed by atoms with van der Waals surface area (Å²) in [7, 11) is 1.70. The van der Waals surface area contributed by atoms with Crippen LogP contribution in [0.15, 0.2) is 77.6 Å². The number of hydrogen-bond acceptors (Lipinski definition) is 3. The van der Waals surface area contributed by atoms with E-state index in [9.17, 15) is 9.59 Å². The second-order valence-electron chi connectivity index (χ2n) is 7.24. The molecular formula is C24H23N3O3. The predicted octanol–water partition coefficient (Wildman–Crippen LogP) is 3.87. The average Bonchev–Trinajstić information content (AvgIpc) is 3.00. The Morgan fingerprint density at radius 1 is 0.967 bits per heavy atom. The molecule has 0 fully saturated rings. The molecule has 1 heterocycles. The summed E-state index contributed by atoms with van der Waals surface area (Å²) in [5.74, 6) is 0.305. The molecule has 4 aromatic rings. The van der Waals surface area contributed by atoms with Crippen LogP contribution >= 0.6 is 0 Å². The lowest BCUT2D eigenvalue weighted by molar-refractivity contribution is -0.116. The molecule has 30 heavy (non-hydrogen) atoms. The first-order chi connectivity index (χ1) is 14.5. The zero-order valence-electron chi connectivity index (χ0n) is 17.0. The van der Waals surface area contributed by atoms with Crippen molar-refractivity contribution in [3.63, 3.8) is 0 Å². The Bertz CT molecular complexity index is 1260. The van der Waals surface area contributed by atoms with Crippen molar-refractivity contribution in [1.82, 2.24) is 9.13 Å². The van der Waals surface area contributed by atoms with Gasteiger partial charge in [0.1, 0.15) is 18.9 Å². The van der Waals surface area contributed by atoms with Crippen LogP contribution in [0, 0.1) is 6.92 Å². The molecule has 152 valence electrons. The highest BCUT2D eigenvalue weighted by atomic mass is 16.5. The molecule has 0 atom stereocenters. The Morgan fingerprint density at radius 2 is 1.67 bits per heavy atom. The van der Waals surface area contributed by atoms with E-state index >= 15 is 0 Å². The van der Waals surface area contributed by atoms with Crippen LogP contribution in [0.1, 0.15) is 11.1 Å². The Labute approximate surface area is 174 Å². The van der Waals surface area contributed by atoms with Crippen molar-refractivity contribution in [2.24, 2.45) is 7.05 Å². The number of amides is 1. The topological polar surface area (TPSA) is 65.3 Å². The minimum atomic E-state index is -0.290. The summed E-state index contributed by atoms with van der Waals surface area (Å²) in [4.78, 5) is 25.3. The summed E-state index contributed by atoms with van der Waals surface area (Å²) < 4.78 is 8.99. The lowest BCUT2D eigenvalue weighted by Crippen LogP contribution is -2.28. The van der Waals surface area contributed by atoms with E-state index in [2.05, 4.69) is 5.32 Å². The normalized spacial score (nSPS) is 10.9. The number of imidazole rings is 1. The number of hydrogen-bond donors (Lipinski definition) is 1. The van der Waals surface area contributed by atoms with Gasteiger partial charge in [-0.3, -0.25) is 13.9 Å². The molecule has 0 spiro atoms. The maximum atomic E-state index is 12.8. The first-order valence-corrected chi connectivity index (χ1v) is 9.74. The molecule has 0 bridgehead atoms. The van der Waals surface area contributed by atoms with Crippen molar-refractivity contribution in [3.8, 4) is 5.75 Å². The van der Waals surface area contributed by atoms with Crippen molar-refractivity contribution < 1.29 is 9.53 Å². The molecule has 1 N–H and O–H groups in total. The van der Waals surface area contributed by atoms with Crippen LogP contribution in [0.25, 0.3) is 11.0 Å². The van der Waals surface area contributed by atoms with E-state index in [-0.39, 0.29) is 18.1 Å². The Balaban J connectivity index is 1.54. The van der Waals surface area contributed by atoms with E-state index in [4.69, 9.17) is 4.74 Å². The first-order valence-electron chi connectivity index (χ1n) is 9.74. The molecule has 3 aromatic carbocycles. The number of carbonyl (C=O) groups is 1. The number of fused-ring (bicyclic) bond motifs is 1. The number of aromatic nitrogens is 2. The van der Waals surface area contributed by atoms with Crippen molar-refractivity contribution >= 4 is 22.6 Å². The Kier molecular flexibility index (Phi) is 5.39. The third kappa shape index (κ3) is 3.98. The van der Waals surface area contributed by atoms with Gasteiger partial charge < -0.3 is 10.1 Å². The largest absolute Gasteiger partial charge is 0.487 e. The zero-order valence-corrected chi connectivity index (χ0v) is 17.0. The summed E-state index contributed by atoms with van der Waals surface area (Å²) in [6, 6.07) is 22.9. The van der Waals surface area contributed by atoms with Crippen LogP contribution in [0.4, 0.5) is 5.69 Å². The van der Waals surface area contributed by atoms with Gasteiger partial charge in [-0.25, -0.2) is 4.79 Å². The number of para-hydroxylation sites is 2. The number of carbonyl (C=O) groups excluding carboxylic acids is 1. The van der Waals surface area contributed by atoms with Gasteiger partial charge in [-0.1, -0.05) is 48.5 Å². The number of aryl methyl sites for hydroxylation is 2. The minimum Gasteiger partial charge on any atom is -0.487 e. The highest BCUT2D eigenvalue weighted by Crippen LogP contribution is 2.27. The zero-order chi connectivity index (χ0) is 21.1. The van der Waals surface area contributed by atoms with Gasteiger partial charge in [0.05, 0.1) is 16.7 Å². The van der Waals surface area contributed by atoms with Gasteiger partial charge >= 0.3 is 5.69 Å². The van der Waals surface area contributed by atoms with Crippen molar-refractivity contribution in [1.29, 1.82) is 0 Å². The quantitative estimate of drug-likeness (QED) is 0.533. The fraction of sp³-hybridized carbons (Fsp3) is 0.167. The first kappa shape index (κ1) is 19.5. The van der Waals surface area contributed by atoms with E-state index in [1.54, 1.807) is 11.6 Å². The molecule has 0 radical (unpaired) electrons. The molecule has 4 rings (SSSR count). The van der Waals surface area contributed by atoms with Gasteiger partial charge in [0, 0.05) is 7.05 Å². The van der Waals surface area contributed by atoms with E-state index in [0.717, 1.165) is 22.2 Å². The SMILES string of the molecule is Cc1ccc(NC(=O)Cn2c(=O)n(C)c3ccccc32)c(OCc2ccccc2)c1. The number of nitrogens with one attached hydrogen (secondary N) is 1. The predicted molar refractivity (Wildman–Crippen MR) is 118 cm³/mol. The second-order valence-corrected chi connectivity index (χ2v) is 7.24. The summed E-state index contributed by atoms with van der Waals surface area (Å²) in [5.41, 5.74) is 3.94. The molecule has 6 heteroatoms.